The van der Waals surface area contributed by atoms with Gasteiger partial charge in [0.1, 0.15) is 0 Å². The van der Waals surface area contributed by atoms with E-state index >= 15 is 0 Å². The van der Waals surface area contributed by atoms with Crippen molar-refractivity contribution >= 4 is 5.69 Å². The summed E-state index contributed by atoms with van der Waals surface area (Å²) in [5.41, 5.74) is 2.37. The molecular formula is C15H25N3. The van der Waals surface area contributed by atoms with E-state index in [1.165, 1.54) is 31.5 Å². The predicted octanol–water partition coefficient (Wildman–Crippen LogP) is 2.99. The van der Waals surface area contributed by atoms with Gasteiger partial charge in [0.25, 0.3) is 0 Å². The highest BCUT2D eigenvalue weighted by molar-refractivity contribution is 5.44. The molecule has 3 nitrogen and oxygen atoms in total. The first kappa shape index (κ1) is 13.3. The molecule has 1 atom stereocenters. The molecule has 1 aromatic heterocycles. The molecule has 1 fully saturated rings. The van der Waals surface area contributed by atoms with E-state index in [1.807, 2.05) is 13.2 Å². The third-order valence-electron chi connectivity index (χ3n) is 4.10. The summed E-state index contributed by atoms with van der Waals surface area (Å²) in [5.74, 6) is 0.904. The Morgan fingerprint density at radius 3 is 2.67 bits per heavy atom. The maximum Gasteiger partial charge on any atom is 0.0571 e. The second kappa shape index (κ2) is 6.19. The van der Waals surface area contributed by atoms with Crippen molar-refractivity contribution in [1.82, 2.24) is 10.3 Å². The lowest BCUT2D eigenvalue weighted by Gasteiger charge is -2.33. The van der Waals surface area contributed by atoms with E-state index in [0.29, 0.717) is 6.04 Å². The van der Waals surface area contributed by atoms with Crippen LogP contribution in [0.5, 0.6) is 0 Å². The fraction of sp³-hybridized carbons (Fsp3) is 0.667. The van der Waals surface area contributed by atoms with Gasteiger partial charge in [0.15, 0.2) is 0 Å². The molecule has 1 heterocycles. The maximum absolute atomic E-state index is 4.57. The largest absolute Gasteiger partial charge is 0.370 e. The van der Waals surface area contributed by atoms with Gasteiger partial charge in [0.2, 0.25) is 0 Å². The molecule has 0 saturated heterocycles. The average molecular weight is 247 g/mol. The second-order valence-electron chi connectivity index (χ2n) is 5.29. The molecule has 1 unspecified atom stereocenters. The zero-order chi connectivity index (χ0) is 13.0. The van der Waals surface area contributed by atoms with Crippen molar-refractivity contribution in [1.29, 1.82) is 0 Å². The van der Waals surface area contributed by atoms with Crippen LogP contribution in [0.15, 0.2) is 18.3 Å². The lowest BCUT2D eigenvalue weighted by atomic mass is 9.85. The molecule has 3 heteroatoms. The van der Waals surface area contributed by atoms with E-state index in [-0.39, 0.29) is 0 Å². The lowest BCUT2D eigenvalue weighted by Crippen LogP contribution is -2.32. The number of rotatable bonds is 6. The minimum atomic E-state index is 0.320. The molecule has 0 aromatic carbocycles. The Kier molecular flexibility index (Phi) is 4.59. The fourth-order valence-corrected chi connectivity index (χ4v) is 2.39. The van der Waals surface area contributed by atoms with Crippen molar-refractivity contribution < 1.29 is 0 Å². The summed E-state index contributed by atoms with van der Waals surface area (Å²) in [7, 11) is 1.97. The summed E-state index contributed by atoms with van der Waals surface area (Å²) in [4.78, 5) is 7.01. The third kappa shape index (κ3) is 3.02. The minimum absolute atomic E-state index is 0.320. The van der Waals surface area contributed by atoms with Crippen molar-refractivity contribution in [2.45, 2.75) is 39.2 Å². The number of aromatic nitrogens is 1. The number of hydrogen-bond acceptors (Lipinski definition) is 3. The van der Waals surface area contributed by atoms with Gasteiger partial charge in [-0.1, -0.05) is 6.42 Å². The van der Waals surface area contributed by atoms with Gasteiger partial charge < -0.3 is 10.2 Å². The molecule has 1 aliphatic carbocycles. The molecular weight excluding hydrogens is 222 g/mol. The Balaban J connectivity index is 2.01. The highest BCUT2D eigenvalue weighted by atomic mass is 15.1. The van der Waals surface area contributed by atoms with Crippen LogP contribution in [-0.4, -0.2) is 25.1 Å². The predicted molar refractivity (Wildman–Crippen MR) is 76.9 cm³/mol. The summed E-state index contributed by atoms with van der Waals surface area (Å²) in [6.45, 7) is 6.62. The van der Waals surface area contributed by atoms with Crippen LogP contribution in [0.3, 0.4) is 0 Å². The van der Waals surface area contributed by atoms with Crippen LogP contribution in [0.2, 0.25) is 0 Å². The quantitative estimate of drug-likeness (QED) is 0.837. The molecule has 1 N–H and O–H groups in total. The van der Waals surface area contributed by atoms with E-state index in [4.69, 9.17) is 0 Å². The van der Waals surface area contributed by atoms with Gasteiger partial charge in [0.05, 0.1) is 17.6 Å². The number of hydrogen-bond donors (Lipinski definition) is 1. The Morgan fingerprint density at radius 1 is 1.44 bits per heavy atom. The van der Waals surface area contributed by atoms with Crippen molar-refractivity contribution in [3.8, 4) is 0 Å². The molecule has 0 bridgehead atoms. The van der Waals surface area contributed by atoms with Crippen molar-refractivity contribution in [2.75, 3.05) is 25.0 Å². The van der Waals surface area contributed by atoms with Gasteiger partial charge in [0, 0.05) is 19.1 Å². The molecule has 1 saturated carbocycles. The summed E-state index contributed by atoms with van der Waals surface area (Å²) in [6, 6.07) is 4.67. The van der Waals surface area contributed by atoms with E-state index in [0.717, 1.165) is 18.2 Å². The van der Waals surface area contributed by atoms with Crippen LogP contribution in [0.1, 0.15) is 44.8 Å². The van der Waals surface area contributed by atoms with Crippen LogP contribution in [0, 0.1) is 5.92 Å². The van der Waals surface area contributed by atoms with Gasteiger partial charge >= 0.3 is 0 Å². The zero-order valence-corrected chi connectivity index (χ0v) is 11.8. The maximum atomic E-state index is 4.57. The summed E-state index contributed by atoms with van der Waals surface area (Å²) >= 11 is 0. The third-order valence-corrected chi connectivity index (χ3v) is 4.10. The first-order valence-electron chi connectivity index (χ1n) is 7.12. The highest BCUT2D eigenvalue weighted by Gasteiger charge is 2.20. The first-order valence-corrected chi connectivity index (χ1v) is 7.12. The first-order chi connectivity index (χ1) is 8.74. The van der Waals surface area contributed by atoms with Crippen LogP contribution in [0.4, 0.5) is 5.69 Å². The Bertz CT molecular complexity index is 357. The van der Waals surface area contributed by atoms with Gasteiger partial charge in [-0.3, -0.25) is 4.98 Å². The number of nitrogens with zero attached hydrogens (tertiary/aromatic N) is 2. The standard InChI is InChI=1S/C15H25N3/c1-4-18(11-13-6-5-7-13)14-8-9-15(17-10-14)12(2)16-3/h8-10,12-13,16H,4-7,11H2,1-3H3. The molecule has 100 valence electrons. The van der Waals surface area contributed by atoms with E-state index in [9.17, 15) is 0 Å². The van der Waals surface area contributed by atoms with Crippen LogP contribution in [-0.2, 0) is 0 Å². The summed E-state index contributed by atoms with van der Waals surface area (Å²) in [5, 5.41) is 3.22. The van der Waals surface area contributed by atoms with Gasteiger partial charge in [-0.25, -0.2) is 0 Å². The van der Waals surface area contributed by atoms with E-state index in [2.05, 4.69) is 41.2 Å². The molecule has 0 spiro atoms. The number of anilines is 1. The van der Waals surface area contributed by atoms with Gasteiger partial charge in [-0.15, -0.1) is 0 Å². The van der Waals surface area contributed by atoms with Crippen LogP contribution >= 0.6 is 0 Å². The van der Waals surface area contributed by atoms with Crippen LogP contribution in [0.25, 0.3) is 0 Å². The fourth-order valence-electron chi connectivity index (χ4n) is 2.39. The van der Waals surface area contributed by atoms with Gasteiger partial charge in [-0.2, -0.15) is 0 Å². The molecule has 1 aromatic rings. The Labute approximate surface area is 111 Å². The Hall–Kier alpha value is -1.09. The lowest BCUT2D eigenvalue weighted by molar-refractivity contribution is 0.318. The van der Waals surface area contributed by atoms with Crippen molar-refractivity contribution in [2.24, 2.45) is 5.92 Å². The number of pyridine rings is 1. The molecule has 1 aliphatic rings. The summed E-state index contributed by atoms with van der Waals surface area (Å²) < 4.78 is 0. The Morgan fingerprint density at radius 2 is 2.22 bits per heavy atom. The molecule has 18 heavy (non-hydrogen) atoms. The molecule has 0 aliphatic heterocycles. The van der Waals surface area contributed by atoms with Gasteiger partial charge in [-0.05, 0) is 51.8 Å². The second-order valence-corrected chi connectivity index (χ2v) is 5.29. The van der Waals surface area contributed by atoms with Crippen molar-refractivity contribution in [3.05, 3.63) is 24.0 Å². The van der Waals surface area contributed by atoms with E-state index in [1.54, 1.807) is 0 Å². The molecule has 2 rings (SSSR count). The smallest absolute Gasteiger partial charge is 0.0571 e. The normalized spacial score (nSPS) is 17.3. The zero-order valence-electron chi connectivity index (χ0n) is 11.8. The highest BCUT2D eigenvalue weighted by Crippen LogP contribution is 2.28. The van der Waals surface area contributed by atoms with Crippen LogP contribution < -0.4 is 10.2 Å². The van der Waals surface area contributed by atoms with Crippen molar-refractivity contribution in [3.63, 3.8) is 0 Å². The summed E-state index contributed by atoms with van der Waals surface area (Å²) in [6.07, 6.45) is 6.24. The molecule has 0 amide bonds. The monoisotopic (exact) mass is 247 g/mol. The number of nitrogens with one attached hydrogen (secondary N) is 1. The topological polar surface area (TPSA) is 28.2 Å². The average Bonchev–Trinajstić information content (AvgIpc) is 2.37. The molecule has 0 radical (unpaired) electrons. The van der Waals surface area contributed by atoms with E-state index < -0.39 is 0 Å². The minimum Gasteiger partial charge on any atom is -0.370 e. The SMILES string of the molecule is CCN(CC1CCC1)c1ccc(C(C)NC)nc1.